The van der Waals surface area contributed by atoms with Gasteiger partial charge in [0.2, 0.25) is 0 Å². The van der Waals surface area contributed by atoms with Crippen molar-refractivity contribution in [2.24, 2.45) is 5.92 Å². The van der Waals surface area contributed by atoms with Crippen molar-refractivity contribution in [3.63, 3.8) is 0 Å². The maximum absolute atomic E-state index is 2.39. The first-order valence-corrected chi connectivity index (χ1v) is 12.0. The zero-order valence-corrected chi connectivity index (χ0v) is 18.3. The lowest BCUT2D eigenvalue weighted by Crippen LogP contribution is -2.13. The predicted octanol–water partition coefficient (Wildman–Crippen LogP) is 8.94. The fraction of sp³-hybridized carbons (Fsp3) is 0.571. The molecule has 2 aromatic carbocycles. The van der Waals surface area contributed by atoms with E-state index in [2.05, 4.69) is 62.4 Å². The number of hydrogen-bond donors (Lipinski definition) is 0. The summed E-state index contributed by atoms with van der Waals surface area (Å²) in [6, 6.07) is 18.5. The first kappa shape index (κ1) is 21.2. The minimum absolute atomic E-state index is 0.789. The van der Waals surface area contributed by atoms with Crippen LogP contribution in [-0.4, -0.2) is 0 Å². The molecule has 152 valence electrons. The second-order valence-electron chi connectivity index (χ2n) is 8.95. The van der Waals surface area contributed by atoms with Crippen molar-refractivity contribution >= 4 is 0 Å². The summed E-state index contributed by atoms with van der Waals surface area (Å²) < 4.78 is 0. The fourth-order valence-electron chi connectivity index (χ4n) is 4.88. The molecule has 1 saturated carbocycles. The molecule has 0 nitrogen and oxygen atoms in total. The van der Waals surface area contributed by atoms with Gasteiger partial charge in [0, 0.05) is 0 Å². The quantitative estimate of drug-likeness (QED) is 0.363. The number of unbranched alkanes of at least 4 members (excludes halogenated alkanes) is 5. The maximum atomic E-state index is 2.39. The van der Waals surface area contributed by atoms with Crippen LogP contribution in [0.2, 0.25) is 0 Å². The molecule has 1 aliphatic carbocycles. The minimum Gasteiger partial charge on any atom is -0.0654 e. The van der Waals surface area contributed by atoms with Crippen molar-refractivity contribution in [1.82, 2.24) is 0 Å². The molecule has 0 unspecified atom stereocenters. The Labute approximate surface area is 173 Å². The molecule has 0 saturated heterocycles. The van der Waals surface area contributed by atoms with Gasteiger partial charge in [-0.3, -0.25) is 0 Å². The van der Waals surface area contributed by atoms with E-state index < -0.39 is 0 Å². The second-order valence-corrected chi connectivity index (χ2v) is 8.95. The van der Waals surface area contributed by atoms with Gasteiger partial charge >= 0.3 is 0 Å². The topological polar surface area (TPSA) is 0 Å². The van der Waals surface area contributed by atoms with E-state index in [4.69, 9.17) is 0 Å². The fourth-order valence-corrected chi connectivity index (χ4v) is 4.88. The Morgan fingerprint density at radius 2 is 1.21 bits per heavy atom. The van der Waals surface area contributed by atoms with Crippen LogP contribution in [0.3, 0.4) is 0 Å². The van der Waals surface area contributed by atoms with Gasteiger partial charge in [-0.2, -0.15) is 0 Å². The number of aryl methyl sites for hydroxylation is 1. The van der Waals surface area contributed by atoms with Gasteiger partial charge < -0.3 is 0 Å². The van der Waals surface area contributed by atoms with E-state index in [1.54, 1.807) is 5.56 Å². The van der Waals surface area contributed by atoms with E-state index in [9.17, 15) is 0 Å². The highest BCUT2D eigenvalue weighted by Gasteiger charge is 2.22. The maximum Gasteiger partial charge on any atom is -0.0162 e. The Bertz CT molecular complexity index is 656. The molecule has 1 fully saturated rings. The van der Waals surface area contributed by atoms with Crippen LogP contribution < -0.4 is 0 Å². The Kier molecular flexibility index (Phi) is 8.65. The lowest BCUT2D eigenvalue weighted by atomic mass is 9.77. The smallest absolute Gasteiger partial charge is 0.0162 e. The molecular weight excluding hydrogens is 336 g/mol. The molecule has 3 rings (SSSR count). The first-order chi connectivity index (χ1) is 13.8. The molecular formula is C28H40. The summed E-state index contributed by atoms with van der Waals surface area (Å²) in [5, 5.41) is 0. The summed E-state index contributed by atoms with van der Waals surface area (Å²) in [6.07, 6.45) is 16.9. The van der Waals surface area contributed by atoms with Crippen LogP contribution in [-0.2, 0) is 6.42 Å². The van der Waals surface area contributed by atoms with Gasteiger partial charge in [-0.15, -0.1) is 0 Å². The number of rotatable bonds is 10. The minimum atomic E-state index is 0.789. The Hall–Kier alpha value is -1.56. The molecule has 0 N–H and O–H groups in total. The molecule has 28 heavy (non-hydrogen) atoms. The SMILES string of the molecule is CCCCCCCCC1CCC(c2ccc(-c3ccc(CC)cc3)cc2)CC1. The first-order valence-electron chi connectivity index (χ1n) is 12.0. The van der Waals surface area contributed by atoms with E-state index in [0.29, 0.717) is 0 Å². The molecule has 0 heterocycles. The summed E-state index contributed by atoms with van der Waals surface area (Å²) in [5.41, 5.74) is 5.67. The third-order valence-corrected chi connectivity index (χ3v) is 6.89. The van der Waals surface area contributed by atoms with Crippen molar-refractivity contribution in [3.8, 4) is 11.1 Å². The van der Waals surface area contributed by atoms with Crippen LogP contribution in [0.1, 0.15) is 102 Å². The summed E-state index contributed by atoms with van der Waals surface area (Å²) in [6.45, 7) is 4.52. The standard InChI is InChI=1S/C28H40/c1-3-5-6-7-8-9-10-24-13-17-26(18-14-24)28-21-19-27(20-22-28)25-15-11-23(4-2)12-16-25/h11-12,15-16,19-22,24,26H,3-10,13-14,17-18H2,1-2H3. The van der Waals surface area contributed by atoms with Gasteiger partial charge in [-0.25, -0.2) is 0 Å². The molecule has 2 aromatic rings. The summed E-state index contributed by atoms with van der Waals surface area (Å²) in [7, 11) is 0. The predicted molar refractivity (Wildman–Crippen MR) is 124 cm³/mol. The van der Waals surface area contributed by atoms with E-state index in [-0.39, 0.29) is 0 Å². The summed E-state index contributed by atoms with van der Waals surface area (Å²) in [4.78, 5) is 0. The highest BCUT2D eigenvalue weighted by atomic mass is 14.3. The summed E-state index contributed by atoms with van der Waals surface area (Å²) >= 11 is 0. The average molecular weight is 377 g/mol. The van der Waals surface area contributed by atoms with Crippen molar-refractivity contribution in [1.29, 1.82) is 0 Å². The van der Waals surface area contributed by atoms with Crippen LogP contribution in [0, 0.1) is 5.92 Å². The highest BCUT2D eigenvalue weighted by molar-refractivity contribution is 5.64. The lowest BCUT2D eigenvalue weighted by Gasteiger charge is -2.29. The van der Waals surface area contributed by atoms with Crippen LogP contribution in [0.25, 0.3) is 11.1 Å². The van der Waals surface area contributed by atoms with E-state index in [0.717, 1.165) is 18.3 Å². The van der Waals surface area contributed by atoms with Crippen LogP contribution in [0.15, 0.2) is 48.5 Å². The molecule has 0 heteroatoms. The molecule has 0 radical (unpaired) electrons. The number of hydrogen-bond acceptors (Lipinski definition) is 0. The van der Waals surface area contributed by atoms with E-state index >= 15 is 0 Å². The molecule has 0 spiro atoms. The van der Waals surface area contributed by atoms with Gasteiger partial charge in [-0.05, 0) is 66.2 Å². The van der Waals surface area contributed by atoms with E-state index in [1.165, 1.54) is 87.3 Å². The molecule has 0 aliphatic heterocycles. The van der Waals surface area contributed by atoms with Crippen molar-refractivity contribution in [3.05, 3.63) is 59.7 Å². The highest BCUT2D eigenvalue weighted by Crippen LogP contribution is 2.38. The molecule has 0 aromatic heterocycles. The van der Waals surface area contributed by atoms with Gasteiger partial charge in [0.05, 0.1) is 0 Å². The Balaban J connectivity index is 1.43. The van der Waals surface area contributed by atoms with Gasteiger partial charge in [0.15, 0.2) is 0 Å². The zero-order chi connectivity index (χ0) is 19.6. The van der Waals surface area contributed by atoms with Crippen molar-refractivity contribution in [2.75, 3.05) is 0 Å². The number of benzene rings is 2. The lowest BCUT2D eigenvalue weighted by molar-refractivity contribution is 0.302. The van der Waals surface area contributed by atoms with Crippen molar-refractivity contribution in [2.45, 2.75) is 96.8 Å². The largest absolute Gasteiger partial charge is 0.0654 e. The third kappa shape index (κ3) is 6.23. The van der Waals surface area contributed by atoms with Crippen LogP contribution in [0.4, 0.5) is 0 Å². The second kappa shape index (κ2) is 11.4. The van der Waals surface area contributed by atoms with Crippen LogP contribution in [0.5, 0.6) is 0 Å². The van der Waals surface area contributed by atoms with Gasteiger partial charge in [0.25, 0.3) is 0 Å². The zero-order valence-electron chi connectivity index (χ0n) is 18.3. The van der Waals surface area contributed by atoms with Gasteiger partial charge in [0.1, 0.15) is 0 Å². The molecule has 1 aliphatic rings. The van der Waals surface area contributed by atoms with Gasteiger partial charge in [-0.1, -0.05) is 107 Å². The van der Waals surface area contributed by atoms with Crippen molar-refractivity contribution < 1.29 is 0 Å². The monoisotopic (exact) mass is 376 g/mol. The normalized spacial score (nSPS) is 19.6. The third-order valence-electron chi connectivity index (χ3n) is 6.89. The Morgan fingerprint density at radius 3 is 1.82 bits per heavy atom. The summed E-state index contributed by atoms with van der Waals surface area (Å²) in [5.74, 6) is 1.79. The molecule has 0 atom stereocenters. The van der Waals surface area contributed by atoms with E-state index in [1.807, 2.05) is 0 Å². The average Bonchev–Trinajstić information content (AvgIpc) is 2.77. The van der Waals surface area contributed by atoms with Crippen LogP contribution >= 0.6 is 0 Å². The molecule has 0 amide bonds. The molecule has 0 bridgehead atoms. The Morgan fingerprint density at radius 1 is 0.643 bits per heavy atom.